The standard InChI is InChI=1S/C31H32O4/c1-22(34-30-17-9-26(10-18-30)24-5-13-28(32-3)14-6-24)21-23(2)35-31-19-11-27(12-20-31)25-7-15-29(33-4)16-8-25/h5-20,22-23H,21H2,1-4H3/t22-,23-/m0/s1. The molecule has 0 aromatic heterocycles. The van der Waals surface area contributed by atoms with Crippen LogP contribution in [-0.2, 0) is 0 Å². The smallest absolute Gasteiger partial charge is 0.119 e. The van der Waals surface area contributed by atoms with Crippen molar-refractivity contribution in [1.29, 1.82) is 0 Å². The summed E-state index contributed by atoms with van der Waals surface area (Å²) in [6.45, 7) is 4.15. The van der Waals surface area contributed by atoms with E-state index in [-0.39, 0.29) is 12.2 Å². The van der Waals surface area contributed by atoms with Crippen molar-refractivity contribution in [3.05, 3.63) is 97.1 Å². The molecule has 4 nitrogen and oxygen atoms in total. The molecule has 0 saturated carbocycles. The van der Waals surface area contributed by atoms with Gasteiger partial charge in [-0.25, -0.2) is 0 Å². The molecule has 0 aliphatic rings. The summed E-state index contributed by atoms with van der Waals surface area (Å²) in [4.78, 5) is 0. The van der Waals surface area contributed by atoms with E-state index in [1.807, 2.05) is 48.5 Å². The Bertz CT molecular complexity index is 1080. The Morgan fingerprint density at radius 1 is 0.429 bits per heavy atom. The number of benzene rings is 4. The van der Waals surface area contributed by atoms with Gasteiger partial charge in [0.15, 0.2) is 0 Å². The van der Waals surface area contributed by atoms with E-state index in [0.29, 0.717) is 0 Å². The van der Waals surface area contributed by atoms with E-state index in [1.165, 1.54) is 0 Å². The van der Waals surface area contributed by atoms with Crippen LogP contribution < -0.4 is 18.9 Å². The molecule has 0 N–H and O–H groups in total. The third kappa shape index (κ3) is 6.57. The first-order valence-corrected chi connectivity index (χ1v) is 11.9. The van der Waals surface area contributed by atoms with Crippen LogP contribution in [0.1, 0.15) is 20.3 Å². The zero-order valence-electron chi connectivity index (χ0n) is 20.7. The molecule has 2 atom stereocenters. The fourth-order valence-corrected chi connectivity index (χ4v) is 4.05. The minimum atomic E-state index is 0.0235. The maximum absolute atomic E-state index is 6.14. The Morgan fingerprint density at radius 3 is 0.943 bits per heavy atom. The molecule has 35 heavy (non-hydrogen) atoms. The van der Waals surface area contributed by atoms with Crippen LogP contribution in [0.4, 0.5) is 0 Å². The molecule has 4 aromatic rings. The highest BCUT2D eigenvalue weighted by Crippen LogP contribution is 2.27. The van der Waals surface area contributed by atoms with E-state index < -0.39 is 0 Å². The number of rotatable bonds is 10. The number of methoxy groups -OCH3 is 2. The summed E-state index contributed by atoms with van der Waals surface area (Å²) in [6.07, 6.45) is 0.825. The summed E-state index contributed by atoms with van der Waals surface area (Å²) >= 11 is 0. The molecule has 180 valence electrons. The molecule has 0 fully saturated rings. The molecular formula is C31H32O4. The summed E-state index contributed by atoms with van der Waals surface area (Å²) in [5, 5.41) is 0. The zero-order valence-corrected chi connectivity index (χ0v) is 20.7. The molecule has 0 saturated heterocycles. The molecule has 0 amide bonds. The van der Waals surface area contributed by atoms with Crippen molar-refractivity contribution in [3.8, 4) is 45.3 Å². The number of hydrogen-bond donors (Lipinski definition) is 0. The van der Waals surface area contributed by atoms with Crippen molar-refractivity contribution in [1.82, 2.24) is 0 Å². The van der Waals surface area contributed by atoms with Crippen LogP contribution in [0.5, 0.6) is 23.0 Å². The fourth-order valence-electron chi connectivity index (χ4n) is 4.05. The highest BCUT2D eigenvalue weighted by atomic mass is 16.5. The van der Waals surface area contributed by atoms with Gasteiger partial charge in [-0.3, -0.25) is 0 Å². The molecule has 0 radical (unpaired) electrons. The van der Waals surface area contributed by atoms with Gasteiger partial charge in [0.2, 0.25) is 0 Å². The number of ether oxygens (including phenoxy) is 4. The van der Waals surface area contributed by atoms with E-state index in [0.717, 1.165) is 51.7 Å². The summed E-state index contributed by atoms with van der Waals surface area (Å²) in [5.74, 6) is 3.41. The minimum Gasteiger partial charge on any atom is -0.497 e. The van der Waals surface area contributed by atoms with Crippen LogP contribution >= 0.6 is 0 Å². The summed E-state index contributed by atoms with van der Waals surface area (Å²) < 4.78 is 22.7. The van der Waals surface area contributed by atoms with Gasteiger partial charge in [0.05, 0.1) is 26.4 Å². The molecule has 4 heteroatoms. The SMILES string of the molecule is COc1ccc(-c2ccc(O[C@@H](C)C[C@H](C)Oc3ccc(-c4ccc(OC)cc4)cc3)cc2)cc1. The fraction of sp³-hybridized carbons (Fsp3) is 0.226. The Hall–Kier alpha value is -3.92. The molecule has 4 aromatic carbocycles. The molecule has 0 bridgehead atoms. The van der Waals surface area contributed by atoms with E-state index >= 15 is 0 Å². The van der Waals surface area contributed by atoms with Crippen molar-refractivity contribution < 1.29 is 18.9 Å². The highest BCUT2D eigenvalue weighted by molar-refractivity contribution is 5.65. The van der Waals surface area contributed by atoms with Crippen molar-refractivity contribution in [3.63, 3.8) is 0 Å². The quantitative estimate of drug-likeness (QED) is 0.239. The van der Waals surface area contributed by atoms with Gasteiger partial charge in [0.1, 0.15) is 23.0 Å². The average Bonchev–Trinajstić information content (AvgIpc) is 2.89. The number of hydrogen-bond acceptors (Lipinski definition) is 4. The topological polar surface area (TPSA) is 36.9 Å². The van der Waals surface area contributed by atoms with Crippen LogP contribution in [0.2, 0.25) is 0 Å². The molecule has 0 spiro atoms. The van der Waals surface area contributed by atoms with Crippen molar-refractivity contribution in [2.75, 3.05) is 14.2 Å². The van der Waals surface area contributed by atoms with Gasteiger partial charge in [-0.15, -0.1) is 0 Å². The first-order chi connectivity index (χ1) is 17.0. The van der Waals surface area contributed by atoms with E-state index in [9.17, 15) is 0 Å². The second-order valence-electron chi connectivity index (χ2n) is 8.60. The Labute approximate surface area is 208 Å². The van der Waals surface area contributed by atoms with Crippen molar-refractivity contribution in [2.45, 2.75) is 32.5 Å². The van der Waals surface area contributed by atoms with Gasteiger partial charge >= 0.3 is 0 Å². The predicted octanol–water partition coefficient (Wildman–Crippen LogP) is 7.66. The van der Waals surface area contributed by atoms with Crippen LogP contribution in [0.25, 0.3) is 22.3 Å². The summed E-state index contributed by atoms with van der Waals surface area (Å²) in [6, 6.07) is 32.5. The largest absolute Gasteiger partial charge is 0.497 e. The second kappa shape index (κ2) is 11.5. The van der Waals surface area contributed by atoms with Gasteiger partial charge in [0.25, 0.3) is 0 Å². The van der Waals surface area contributed by atoms with Gasteiger partial charge in [0, 0.05) is 6.42 Å². The molecule has 4 rings (SSSR count). The normalized spacial score (nSPS) is 12.5. The Balaban J connectivity index is 1.28. The van der Waals surface area contributed by atoms with E-state index in [4.69, 9.17) is 18.9 Å². The molecule has 0 unspecified atom stereocenters. The maximum Gasteiger partial charge on any atom is 0.119 e. The molecule has 0 aliphatic heterocycles. The lowest BCUT2D eigenvalue weighted by molar-refractivity contribution is 0.131. The second-order valence-corrected chi connectivity index (χ2v) is 8.60. The first kappa shape index (κ1) is 24.2. The first-order valence-electron chi connectivity index (χ1n) is 11.9. The third-order valence-corrected chi connectivity index (χ3v) is 5.89. The lowest BCUT2D eigenvalue weighted by atomic mass is 10.1. The Kier molecular flexibility index (Phi) is 7.94. The van der Waals surface area contributed by atoms with E-state index in [1.54, 1.807) is 14.2 Å². The van der Waals surface area contributed by atoms with Crippen molar-refractivity contribution >= 4 is 0 Å². The molecule has 0 heterocycles. The average molecular weight is 469 g/mol. The Morgan fingerprint density at radius 2 is 0.686 bits per heavy atom. The lowest BCUT2D eigenvalue weighted by Crippen LogP contribution is -2.22. The van der Waals surface area contributed by atoms with Crippen LogP contribution in [0, 0.1) is 0 Å². The van der Waals surface area contributed by atoms with Crippen molar-refractivity contribution in [2.24, 2.45) is 0 Å². The molecule has 0 aliphatic carbocycles. The predicted molar refractivity (Wildman–Crippen MR) is 142 cm³/mol. The van der Waals surface area contributed by atoms with Gasteiger partial charge in [-0.1, -0.05) is 48.5 Å². The van der Waals surface area contributed by atoms with Crippen LogP contribution in [0.15, 0.2) is 97.1 Å². The highest BCUT2D eigenvalue weighted by Gasteiger charge is 2.12. The monoisotopic (exact) mass is 468 g/mol. The summed E-state index contributed by atoms with van der Waals surface area (Å²) in [5.41, 5.74) is 4.57. The lowest BCUT2D eigenvalue weighted by Gasteiger charge is -2.20. The van der Waals surface area contributed by atoms with E-state index in [2.05, 4.69) is 62.4 Å². The van der Waals surface area contributed by atoms with Gasteiger partial charge < -0.3 is 18.9 Å². The van der Waals surface area contributed by atoms with Gasteiger partial charge in [-0.2, -0.15) is 0 Å². The summed E-state index contributed by atoms with van der Waals surface area (Å²) in [7, 11) is 3.35. The zero-order chi connectivity index (χ0) is 24.6. The minimum absolute atomic E-state index is 0.0235. The van der Waals surface area contributed by atoms with Gasteiger partial charge in [-0.05, 0) is 84.6 Å². The third-order valence-electron chi connectivity index (χ3n) is 5.89. The van der Waals surface area contributed by atoms with Crippen LogP contribution in [0.3, 0.4) is 0 Å². The van der Waals surface area contributed by atoms with Crippen LogP contribution in [-0.4, -0.2) is 26.4 Å². The maximum atomic E-state index is 6.14. The molecular weight excluding hydrogens is 436 g/mol.